The van der Waals surface area contributed by atoms with E-state index in [1.54, 1.807) is 30.5 Å². The van der Waals surface area contributed by atoms with Gasteiger partial charge in [0.15, 0.2) is 5.82 Å². The lowest BCUT2D eigenvalue weighted by molar-refractivity contribution is -0.140. The second-order valence-electron chi connectivity index (χ2n) is 10.2. The Kier molecular flexibility index (Phi) is 7.93. The summed E-state index contributed by atoms with van der Waals surface area (Å²) >= 11 is 4.64. The number of hydrogen-bond acceptors (Lipinski definition) is 6. The van der Waals surface area contributed by atoms with E-state index in [2.05, 4.69) is 26.2 Å². The Labute approximate surface area is 238 Å². The SMILES string of the molecule is Cc1cc(F)ccc1-c1nc(C(C)(C)C(=O)N2CCCC(OCc3cn(-c4cccc(Br)c4F)nn3)C2)cs1. The molecule has 11 heteroatoms. The van der Waals surface area contributed by atoms with Crippen molar-refractivity contribution in [1.29, 1.82) is 0 Å². The molecule has 5 rings (SSSR count). The summed E-state index contributed by atoms with van der Waals surface area (Å²) in [6, 6.07) is 9.61. The number of ether oxygens (including phenoxy) is 1. The standard InChI is InChI=1S/C28H28BrF2N5O2S/c1-17-12-18(30)9-10-21(17)26-32-24(16-39-26)28(2,3)27(37)35-11-5-6-20(14-35)38-15-19-13-36(34-33-19)23-8-4-7-22(29)25(23)31/h4,7-10,12-13,16,20H,5-6,11,14-15H2,1-3H3. The molecule has 0 N–H and O–H groups in total. The number of halogens is 3. The normalized spacial score (nSPS) is 16.1. The maximum atomic E-state index is 14.4. The van der Waals surface area contributed by atoms with E-state index >= 15 is 0 Å². The molecule has 0 saturated carbocycles. The number of likely N-dealkylation sites (tertiary alicyclic amines) is 1. The van der Waals surface area contributed by atoms with Crippen molar-refractivity contribution in [3.05, 3.63) is 81.0 Å². The molecule has 0 aliphatic carbocycles. The van der Waals surface area contributed by atoms with Crippen LogP contribution in [0.4, 0.5) is 8.78 Å². The van der Waals surface area contributed by atoms with Crippen molar-refractivity contribution in [1.82, 2.24) is 24.9 Å². The summed E-state index contributed by atoms with van der Waals surface area (Å²) in [5, 5.41) is 10.8. The molecule has 1 saturated heterocycles. The minimum absolute atomic E-state index is 0.0143. The van der Waals surface area contributed by atoms with Crippen LogP contribution in [0.2, 0.25) is 0 Å². The van der Waals surface area contributed by atoms with Gasteiger partial charge in [-0.3, -0.25) is 4.79 Å². The van der Waals surface area contributed by atoms with Gasteiger partial charge in [-0.15, -0.1) is 16.4 Å². The van der Waals surface area contributed by atoms with Crippen molar-refractivity contribution in [2.24, 2.45) is 0 Å². The highest BCUT2D eigenvalue weighted by molar-refractivity contribution is 9.10. The average molecular weight is 617 g/mol. The van der Waals surface area contributed by atoms with E-state index in [-0.39, 0.29) is 24.4 Å². The number of thiazole rings is 1. The van der Waals surface area contributed by atoms with Crippen LogP contribution in [0.3, 0.4) is 0 Å². The highest BCUT2D eigenvalue weighted by Gasteiger charge is 2.38. The average Bonchev–Trinajstić information content (AvgIpc) is 3.60. The number of piperidine rings is 1. The molecular formula is C28H28BrF2N5O2S. The number of aromatic nitrogens is 4. The lowest BCUT2D eigenvalue weighted by atomic mass is 9.87. The first kappa shape index (κ1) is 27.5. The van der Waals surface area contributed by atoms with Crippen molar-refractivity contribution in [2.75, 3.05) is 13.1 Å². The maximum Gasteiger partial charge on any atom is 0.234 e. The van der Waals surface area contributed by atoms with Gasteiger partial charge in [0.1, 0.15) is 22.2 Å². The first-order chi connectivity index (χ1) is 18.6. The van der Waals surface area contributed by atoms with Crippen molar-refractivity contribution in [3.63, 3.8) is 0 Å². The fourth-order valence-corrected chi connectivity index (χ4v) is 6.10. The summed E-state index contributed by atoms with van der Waals surface area (Å²) in [6.45, 7) is 6.94. The zero-order valence-corrected chi connectivity index (χ0v) is 24.2. The van der Waals surface area contributed by atoms with Crippen molar-refractivity contribution >= 4 is 33.2 Å². The molecule has 1 aliphatic heterocycles. The van der Waals surface area contributed by atoms with Crippen LogP contribution < -0.4 is 0 Å². The summed E-state index contributed by atoms with van der Waals surface area (Å²) in [5.41, 5.74) is 2.39. The largest absolute Gasteiger partial charge is 0.370 e. The number of aryl methyl sites for hydroxylation is 1. The molecule has 2 aromatic carbocycles. The molecule has 1 amide bonds. The molecule has 0 bridgehead atoms. The Hall–Kier alpha value is -3.02. The molecule has 1 fully saturated rings. The van der Waals surface area contributed by atoms with Gasteiger partial charge in [-0.2, -0.15) is 0 Å². The summed E-state index contributed by atoms with van der Waals surface area (Å²) in [5.74, 6) is -0.716. The maximum absolute atomic E-state index is 14.4. The summed E-state index contributed by atoms with van der Waals surface area (Å²) in [4.78, 5) is 20.2. The van der Waals surface area contributed by atoms with Gasteiger partial charge in [0.2, 0.25) is 5.91 Å². The van der Waals surface area contributed by atoms with Gasteiger partial charge >= 0.3 is 0 Å². The van der Waals surface area contributed by atoms with E-state index in [1.165, 1.54) is 28.2 Å². The van der Waals surface area contributed by atoms with E-state index in [0.29, 0.717) is 34.6 Å². The monoisotopic (exact) mass is 615 g/mol. The first-order valence-electron chi connectivity index (χ1n) is 12.6. The minimum Gasteiger partial charge on any atom is -0.370 e. The van der Waals surface area contributed by atoms with Crippen molar-refractivity contribution in [3.8, 4) is 16.3 Å². The Morgan fingerprint density at radius 1 is 1.26 bits per heavy atom. The molecule has 1 aliphatic rings. The zero-order chi connectivity index (χ0) is 27.7. The number of carbonyl (C=O) groups is 1. The van der Waals surface area contributed by atoms with Crippen LogP contribution in [0.15, 0.2) is 52.4 Å². The van der Waals surface area contributed by atoms with E-state index in [9.17, 15) is 13.6 Å². The van der Waals surface area contributed by atoms with Crippen LogP contribution in [0.1, 0.15) is 43.6 Å². The predicted molar refractivity (Wildman–Crippen MR) is 149 cm³/mol. The molecule has 2 aromatic heterocycles. The third-order valence-corrected chi connectivity index (χ3v) is 8.44. The number of rotatable bonds is 7. The second-order valence-corrected chi connectivity index (χ2v) is 11.9. The topological polar surface area (TPSA) is 73.1 Å². The Morgan fingerprint density at radius 2 is 2.08 bits per heavy atom. The van der Waals surface area contributed by atoms with Crippen LogP contribution in [-0.4, -0.2) is 50.0 Å². The van der Waals surface area contributed by atoms with E-state index in [4.69, 9.17) is 9.72 Å². The second kappa shape index (κ2) is 11.2. The van der Waals surface area contributed by atoms with E-state index in [0.717, 1.165) is 29.0 Å². The van der Waals surface area contributed by atoms with Gasteiger partial charge in [-0.25, -0.2) is 18.4 Å². The predicted octanol–water partition coefficient (Wildman–Crippen LogP) is 6.23. The van der Waals surface area contributed by atoms with Gasteiger partial charge in [-0.1, -0.05) is 11.3 Å². The first-order valence-corrected chi connectivity index (χ1v) is 14.3. The number of benzene rings is 2. The molecule has 0 spiro atoms. The lowest BCUT2D eigenvalue weighted by Crippen LogP contribution is -2.49. The molecule has 1 atom stereocenters. The smallest absolute Gasteiger partial charge is 0.234 e. The summed E-state index contributed by atoms with van der Waals surface area (Å²) in [7, 11) is 0. The van der Waals surface area contributed by atoms with E-state index in [1.807, 2.05) is 31.1 Å². The molecule has 39 heavy (non-hydrogen) atoms. The quantitative estimate of drug-likeness (QED) is 0.247. The Balaban J connectivity index is 1.22. The Morgan fingerprint density at radius 3 is 2.87 bits per heavy atom. The Bertz CT molecular complexity index is 1500. The van der Waals surface area contributed by atoms with E-state index < -0.39 is 11.2 Å². The van der Waals surface area contributed by atoms with Gasteiger partial charge in [0, 0.05) is 24.0 Å². The van der Waals surface area contributed by atoms with Crippen LogP contribution in [0, 0.1) is 18.6 Å². The molecule has 4 aromatic rings. The minimum atomic E-state index is -0.832. The highest BCUT2D eigenvalue weighted by atomic mass is 79.9. The van der Waals surface area contributed by atoms with Crippen LogP contribution in [0.25, 0.3) is 16.3 Å². The molecule has 1 unspecified atom stereocenters. The lowest BCUT2D eigenvalue weighted by Gasteiger charge is -2.37. The number of amides is 1. The summed E-state index contributed by atoms with van der Waals surface area (Å²) in [6.07, 6.45) is 3.13. The fraction of sp³-hybridized carbons (Fsp3) is 0.357. The zero-order valence-electron chi connectivity index (χ0n) is 21.8. The molecule has 3 heterocycles. The molecule has 0 radical (unpaired) electrons. The van der Waals surface area contributed by atoms with Crippen LogP contribution >= 0.6 is 27.3 Å². The van der Waals surface area contributed by atoms with Gasteiger partial charge in [-0.05, 0) is 85.4 Å². The summed E-state index contributed by atoms with van der Waals surface area (Å²) < 4.78 is 35.8. The number of carbonyl (C=O) groups excluding carboxylic acids is 1. The third kappa shape index (κ3) is 5.80. The van der Waals surface area contributed by atoms with Gasteiger partial charge in [0.25, 0.3) is 0 Å². The molecule has 7 nitrogen and oxygen atoms in total. The number of hydrogen-bond donors (Lipinski definition) is 0. The van der Waals surface area contributed by atoms with Gasteiger partial charge in [0.05, 0.1) is 34.5 Å². The van der Waals surface area contributed by atoms with Crippen LogP contribution in [-0.2, 0) is 21.6 Å². The van der Waals surface area contributed by atoms with Gasteiger partial charge < -0.3 is 9.64 Å². The molecule has 204 valence electrons. The molecular weight excluding hydrogens is 588 g/mol. The fourth-order valence-electron chi connectivity index (χ4n) is 4.67. The van der Waals surface area contributed by atoms with Crippen molar-refractivity contribution < 1.29 is 18.3 Å². The highest BCUT2D eigenvalue weighted by Crippen LogP contribution is 2.34. The third-order valence-electron chi connectivity index (χ3n) is 6.95. The van der Waals surface area contributed by atoms with Crippen LogP contribution in [0.5, 0.6) is 0 Å². The van der Waals surface area contributed by atoms with Crippen molar-refractivity contribution in [2.45, 2.75) is 51.7 Å². The number of nitrogens with zero attached hydrogens (tertiary/aromatic N) is 5.